The first-order chi connectivity index (χ1) is 10.3. The van der Waals surface area contributed by atoms with Crippen LogP contribution < -0.4 is 5.32 Å². The highest BCUT2D eigenvalue weighted by Gasteiger charge is 2.32. The zero-order valence-electron chi connectivity index (χ0n) is 10.9. The number of benzene rings is 1. The third-order valence-electron chi connectivity index (χ3n) is 2.36. The van der Waals surface area contributed by atoms with E-state index < -0.39 is 11.9 Å². The first-order valence-electron chi connectivity index (χ1n) is 5.93. The van der Waals surface area contributed by atoms with Crippen molar-refractivity contribution in [2.24, 2.45) is 0 Å². The fraction of sp³-hybridized carbons (Fsp3) is 0.154. The summed E-state index contributed by atoms with van der Waals surface area (Å²) in [7, 11) is 0. The second-order valence-electron chi connectivity index (χ2n) is 4.07. The van der Waals surface area contributed by atoms with Crippen LogP contribution in [0.3, 0.4) is 0 Å². The van der Waals surface area contributed by atoms with Gasteiger partial charge in [0.25, 0.3) is 0 Å². The van der Waals surface area contributed by atoms with Crippen LogP contribution in [0.15, 0.2) is 41.7 Å². The van der Waals surface area contributed by atoms with Gasteiger partial charge in [0.05, 0.1) is 5.75 Å². The molecule has 0 radical (unpaired) electrons. The lowest BCUT2D eigenvalue weighted by Gasteiger charge is -2.07. The Bertz CT molecular complexity index is 682. The lowest BCUT2D eigenvalue weighted by molar-refractivity contribution is -0.141. The fourth-order valence-electron chi connectivity index (χ4n) is 1.46. The summed E-state index contributed by atoms with van der Waals surface area (Å²) < 4.78 is 38.5. The number of alkyl halides is 3. The molecule has 0 unspecified atom stereocenters. The van der Waals surface area contributed by atoms with Gasteiger partial charge in [-0.05, 0) is 46.9 Å². The van der Waals surface area contributed by atoms with Gasteiger partial charge in [0.15, 0.2) is 5.16 Å². The maximum absolute atomic E-state index is 12.5. The minimum absolute atomic E-state index is 0.0766. The van der Waals surface area contributed by atoms with E-state index in [1.807, 2.05) is 6.07 Å². The average molecular weight is 439 g/mol. The van der Waals surface area contributed by atoms with E-state index in [-0.39, 0.29) is 16.8 Å². The van der Waals surface area contributed by atoms with Crippen LogP contribution in [0.2, 0.25) is 0 Å². The predicted octanol–water partition coefficient (Wildman–Crippen LogP) is 3.83. The van der Waals surface area contributed by atoms with Gasteiger partial charge in [0.2, 0.25) is 5.91 Å². The standard InChI is InChI=1S/C13H9F3IN3OS/c14-13(15,16)10-4-5-18-12(20-10)22-7-11(21)19-9-3-1-2-8(17)6-9/h1-6H,7H2,(H,19,21). The van der Waals surface area contributed by atoms with Gasteiger partial charge >= 0.3 is 6.18 Å². The molecule has 0 atom stereocenters. The molecular formula is C13H9F3IN3OS. The van der Waals surface area contributed by atoms with Crippen LogP contribution in [-0.2, 0) is 11.0 Å². The summed E-state index contributed by atoms with van der Waals surface area (Å²) in [6, 6.07) is 7.97. The lowest BCUT2D eigenvalue weighted by Crippen LogP contribution is -2.15. The molecule has 2 aromatic rings. The molecular weight excluding hydrogens is 430 g/mol. The second kappa shape index (κ2) is 7.27. The van der Waals surface area contributed by atoms with E-state index in [0.29, 0.717) is 5.69 Å². The van der Waals surface area contributed by atoms with Crippen LogP contribution in [0.4, 0.5) is 18.9 Å². The Labute approximate surface area is 142 Å². The van der Waals surface area contributed by atoms with E-state index in [2.05, 4.69) is 37.9 Å². The summed E-state index contributed by atoms with van der Waals surface area (Å²) in [5.74, 6) is -0.416. The van der Waals surface area contributed by atoms with Crippen molar-refractivity contribution in [3.8, 4) is 0 Å². The van der Waals surface area contributed by atoms with Crippen LogP contribution in [0.25, 0.3) is 0 Å². The first-order valence-corrected chi connectivity index (χ1v) is 7.99. The topological polar surface area (TPSA) is 54.9 Å². The van der Waals surface area contributed by atoms with Crippen molar-refractivity contribution in [1.29, 1.82) is 0 Å². The normalized spacial score (nSPS) is 11.3. The zero-order valence-corrected chi connectivity index (χ0v) is 13.9. The number of hydrogen-bond acceptors (Lipinski definition) is 4. The quantitative estimate of drug-likeness (QED) is 0.447. The number of nitrogens with one attached hydrogen (secondary N) is 1. The number of aromatic nitrogens is 2. The second-order valence-corrected chi connectivity index (χ2v) is 6.26. The Morgan fingerprint density at radius 1 is 1.32 bits per heavy atom. The molecule has 2 rings (SSSR count). The minimum Gasteiger partial charge on any atom is -0.325 e. The number of anilines is 1. The molecule has 0 spiro atoms. The number of carbonyl (C=O) groups excluding carboxylic acids is 1. The minimum atomic E-state index is -4.53. The smallest absolute Gasteiger partial charge is 0.325 e. The summed E-state index contributed by atoms with van der Waals surface area (Å²) in [5, 5.41) is 2.57. The maximum Gasteiger partial charge on any atom is 0.433 e. The SMILES string of the molecule is O=C(CSc1nccc(C(F)(F)F)n1)Nc1cccc(I)c1. The van der Waals surface area contributed by atoms with Gasteiger partial charge in [0.1, 0.15) is 5.69 Å². The van der Waals surface area contributed by atoms with Gasteiger partial charge in [-0.1, -0.05) is 17.8 Å². The third-order valence-corrected chi connectivity index (χ3v) is 3.90. The monoisotopic (exact) mass is 439 g/mol. The number of nitrogens with zero attached hydrogens (tertiary/aromatic N) is 2. The molecule has 1 aromatic heterocycles. The summed E-state index contributed by atoms with van der Waals surface area (Å²) >= 11 is 2.96. The van der Waals surface area contributed by atoms with Crippen molar-refractivity contribution in [2.45, 2.75) is 11.3 Å². The molecule has 0 fully saturated rings. The molecule has 1 aromatic carbocycles. The summed E-state index contributed by atoms with van der Waals surface area (Å²) in [6.45, 7) is 0. The predicted molar refractivity (Wildman–Crippen MR) is 85.5 cm³/mol. The third kappa shape index (κ3) is 5.13. The van der Waals surface area contributed by atoms with Crippen LogP contribution in [0.1, 0.15) is 5.69 Å². The Balaban J connectivity index is 1.94. The Morgan fingerprint density at radius 3 is 2.77 bits per heavy atom. The van der Waals surface area contributed by atoms with Gasteiger partial charge in [0, 0.05) is 15.5 Å². The van der Waals surface area contributed by atoms with E-state index in [1.54, 1.807) is 18.2 Å². The van der Waals surface area contributed by atoms with Gasteiger partial charge in [-0.2, -0.15) is 13.2 Å². The van der Waals surface area contributed by atoms with Crippen molar-refractivity contribution in [3.63, 3.8) is 0 Å². The van der Waals surface area contributed by atoms with Crippen LogP contribution >= 0.6 is 34.4 Å². The molecule has 9 heteroatoms. The molecule has 0 saturated carbocycles. The molecule has 22 heavy (non-hydrogen) atoms. The number of carbonyl (C=O) groups is 1. The van der Waals surface area contributed by atoms with E-state index in [4.69, 9.17) is 0 Å². The van der Waals surface area contributed by atoms with Crippen molar-refractivity contribution in [2.75, 3.05) is 11.1 Å². The van der Waals surface area contributed by atoms with Gasteiger partial charge in [-0.3, -0.25) is 4.79 Å². The van der Waals surface area contributed by atoms with Crippen molar-refractivity contribution in [1.82, 2.24) is 9.97 Å². The van der Waals surface area contributed by atoms with Gasteiger partial charge < -0.3 is 5.32 Å². The molecule has 0 aliphatic carbocycles. The maximum atomic E-state index is 12.5. The number of rotatable bonds is 4. The summed E-state index contributed by atoms with van der Waals surface area (Å²) in [4.78, 5) is 18.9. The lowest BCUT2D eigenvalue weighted by atomic mass is 10.3. The van der Waals surface area contributed by atoms with Crippen molar-refractivity contribution < 1.29 is 18.0 Å². The highest BCUT2D eigenvalue weighted by molar-refractivity contribution is 14.1. The first kappa shape index (κ1) is 17.0. The number of amides is 1. The fourth-order valence-corrected chi connectivity index (χ4v) is 2.64. The molecule has 0 saturated heterocycles. The summed E-state index contributed by atoms with van der Waals surface area (Å²) in [6.07, 6.45) is -3.50. The van der Waals surface area contributed by atoms with E-state index in [0.717, 1.165) is 27.6 Å². The average Bonchev–Trinajstić information content (AvgIpc) is 2.45. The molecule has 116 valence electrons. The highest BCUT2D eigenvalue weighted by atomic mass is 127. The molecule has 0 bridgehead atoms. The summed E-state index contributed by atoms with van der Waals surface area (Å²) in [5.41, 5.74) is -0.398. The van der Waals surface area contributed by atoms with E-state index in [1.165, 1.54) is 0 Å². The Kier molecular flexibility index (Phi) is 5.62. The Morgan fingerprint density at radius 2 is 2.09 bits per heavy atom. The van der Waals surface area contributed by atoms with Crippen LogP contribution in [-0.4, -0.2) is 21.6 Å². The highest BCUT2D eigenvalue weighted by Crippen LogP contribution is 2.28. The Hall–Kier alpha value is -1.36. The molecule has 4 nitrogen and oxygen atoms in total. The largest absolute Gasteiger partial charge is 0.433 e. The van der Waals surface area contributed by atoms with Crippen LogP contribution in [0.5, 0.6) is 0 Å². The number of hydrogen-bond donors (Lipinski definition) is 1. The van der Waals surface area contributed by atoms with Crippen molar-refractivity contribution in [3.05, 3.63) is 45.8 Å². The van der Waals surface area contributed by atoms with Gasteiger partial charge in [-0.25, -0.2) is 9.97 Å². The molecule has 0 aliphatic heterocycles. The number of halogens is 4. The van der Waals surface area contributed by atoms with Crippen molar-refractivity contribution >= 4 is 45.9 Å². The zero-order chi connectivity index (χ0) is 16.2. The van der Waals surface area contributed by atoms with E-state index in [9.17, 15) is 18.0 Å². The molecule has 1 amide bonds. The number of thioether (sulfide) groups is 1. The van der Waals surface area contributed by atoms with Crippen LogP contribution in [0, 0.1) is 3.57 Å². The molecule has 0 aliphatic rings. The molecule has 1 heterocycles. The van der Waals surface area contributed by atoms with Gasteiger partial charge in [-0.15, -0.1) is 0 Å². The molecule has 1 N–H and O–H groups in total. The van der Waals surface area contributed by atoms with E-state index >= 15 is 0 Å².